The average molecular weight is 362 g/mol. The zero-order valence-electron chi connectivity index (χ0n) is 16.1. The van der Waals surface area contributed by atoms with Crippen LogP contribution in [0.4, 0.5) is 5.69 Å². The second kappa shape index (κ2) is 7.92. The van der Waals surface area contributed by atoms with Crippen LogP contribution in [0, 0.1) is 13.8 Å². The van der Waals surface area contributed by atoms with Crippen molar-refractivity contribution >= 4 is 5.69 Å². The molecule has 0 unspecified atom stereocenters. The molecule has 1 saturated heterocycles. The minimum atomic E-state index is 0.602. The molecule has 0 amide bonds. The van der Waals surface area contributed by atoms with Crippen LogP contribution in [0.3, 0.4) is 0 Å². The molecule has 3 aromatic rings. The molecule has 5 nitrogen and oxygen atoms in total. The Kier molecular flexibility index (Phi) is 5.21. The van der Waals surface area contributed by atoms with E-state index in [1.54, 1.807) is 0 Å². The van der Waals surface area contributed by atoms with Crippen molar-refractivity contribution in [3.63, 3.8) is 0 Å². The van der Waals surface area contributed by atoms with Crippen molar-refractivity contribution in [1.82, 2.24) is 15.1 Å². The lowest BCUT2D eigenvalue weighted by atomic mass is 10.1. The number of aromatic nitrogens is 2. The van der Waals surface area contributed by atoms with Gasteiger partial charge in [0.2, 0.25) is 11.8 Å². The van der Waals surface area contributed by atoms with E-state index in [9.17, 15) is 0 Å². The van der Waals surface area contributed by atoms with Gasteiger partial charge in [-0.2, -0.15) is 0 Å². The first-order valence-corrected chi connectivity index (χ1v) is 9.62. The number of hydrogen-bond donors (Lipinski definition) is 0. The number of benzene rings is 2. The fraction of sp³-hybridized carbons (Fsp3) is 0.364. The van der Waals surface area contributed by atoms with Crippen LogP contribution in [0.5, 0.6) is 0 Å². The van der Waals surface area contributed by atoms with Crippen molar-refractivity contribution < 1.29 is 4.42 Å². The summed E-state index contributed by atoms with van der Waals surface area (Å²) in [6.45, 7) is 9.60. The highest BCUT2D eigenvalue weighted by atomic mass is 16.4. The molecule has 0 spiro atoms. The largest absolute Gasteiger partial charge is 0.421 e. The highest BCUT2D eigenvalue weighted by molar-refractivity contribution is 5.56. The van der Waals surface area contributed by atoms with Gasteiger partial charge < -0.3 is 9.32 Å². The highest BCUT2D eigenvalue weighted by Gasteiger charge is 2.19. The second-order valence-corrected chi connectivity index (χ2v) is 7.16. The Morgan fingerprint density at radius 2 is 1.67 bits per heavy atom. The summed E-state index contributed by atoms with van der Waals surface area (Å²) >= 11 is 0. The summed E-state index contributed by atoms with van der Waals surface area (Å²) in [5.74, 6) is 1.32. The van der Waals surface area contributed by atoms with Gasteiger partial charge in [-0.05, 0) is 43.2 Å². The highest BCUT2D eigenvalue weighted by Crippen LogP contribution is 2.24. The van der Waals surface area contributed by atoms with Crippen LogP contribution in [-0.4, -0.2) is 47.8 Å². The molecule has 5 heteroatoms. The monoisotopic (exact) mass is 362 g/mol. The molecular formula is C22H26N4O. The molecule has 1 aliphatic rings. The lowest BCUT2D eigenvalue weighted by Crippen LogP contribution is -2.47. The van der Waals surface area contributed by atoms with Crippen LogP contribution in [0.15, 0.2) is 52.9 Å². The van der Waals surface area contributed by atoms with Crippen LogP contribution < -0.4 is 4.90 Å². The van der Waals surface area contributed by atoms with Gasteiger partial charge in [0.25, 0.3) is 0 Å². The fourth-order valence-corrected chi connectivity index (χ4v) is 3.60. The van der Waals surface area contributed by atoms with Crippen LogP contribution in [0.2, 0.25) is 0 Å². The minimum absolute atomic E-state index is 0.602. The predicted octanol–water partition coefficient (Wildman–Crippen LogP) is 3.72. The number of anilines is 1. The number of rotatable bonds is 5. The molecule has 27 heavy (non-hydrogen) atoms. The normalized spacial score (nSPS) is 15.3. The maximum absolute atomic E-state index is 5.82. The van der Waals surface area contributed by atoms with Gasteiger partial charge in [-0.15, -0.1) is 10.2 Å². The zero-order valence-corrected chi connectivity index (χ0v) is 16.1. The van der Waals surface area contributed by atoms with Gasteiger partial charge >= 0.3 is 0 Å². The molecule has 0 radical (unpaired) electrons. The van der Waals surface area contributed by atoms with E-state index in [1.807, 2.05) is 30.3 Å². The lowest BCUT2D eigenvalue weighted by molar-refractivity contribution is 0.254. The zero-order chi connectivity index (χ0) is 18.6. The molecule has 0 saturated carbocycles. The molecule has 0 atom stereocenters. The number of nitrogens with zero attached hydrogens (tertiary/aromatic N) is 4. The Labute approximate surface area is 160 Å². The molecule has 0 N–H and O–H groups in total. The summed E-state index contributed by atoms with van der Waals surface area (Å²) in [5.41, 5.74) is 5.10. The standard InChI is InChI=1S/C22H26N4O/c1-17-7-6-10-20(18(17)2)26-15-13-25(14-16-26)12-11-21-23-24-22(27-21)19-8-4-3-5-9-19/h3-10H,11-16H2,1-2H3. The fourth-order valence-electron chi connectivity index (χ4n) is 3.60. The Morgan fingerprint density at radius 3 is 2.44 bits per heavy atom. The van der Waals surface area contributed by atoms with Gasteiger partial charge in [-0.3, -0.25) is 4.90 Å². The molecular weight excluding hydrogens is 336 g/mol. The van der Waals surface area contributed by atoms with Crippen molar-refractivity contribution in [1.29, 1.82) is 0 Å². The van der Waals surface area contributed by atoms with Gasteiger partial charge in [0, 0.05) is 50.4 Å². The number of aryl methyl sites for hydroxylation is 1. The maximum Gasteiger partial charge on any atom is 0.247 e. The van der Waals surface area contributed by atoms with E-state index in [-0.39, 0.29) is 0 Å². The van der Waals surface area contributed by atoms with E-state index < -0.39 is 0 Å². The van der Waals surface area contributed by atoms with Crippen LogP contribution in [-0.2, 0) is 6.42 Å². The van der Waals surface area contributed by atoms with Gasteiger partial charge in [0.05, 0.1) is 0 Å². The van der Waals surface area contributed by atoms with Gasteiger partial charge in [-0.1, -0.05) is 30.3 Å². The van der Waals surface area contributed by atoms with Crippen molar-refractivity contribution in [2.45, 2.75) is 20.3 Å². The topological polar surface area (TPSA) is 45.4 Å². The van der Waals surface area contributed by atoms with Crippen molar-refractivity contribution in [2.24, 2.45) is 0 Å². The average Bonchev–Trinajstić information content (AvgIpc) is 3.19. The third-order valence-corrected chi connectivity index (χ3v) is 5.42. The molecule has 2 heterocycles. The quantitative estimate of drug-likeness (QED) is 0.692. The SMILES string of the molecule is Cc1cccc(N2CCN(CCc3nnc(-c4ccccc4)o3)CC2)c1C. The Morgan fingerprint density at radius 1 is 0.889 bits per heavy atom. The maximum atomic E-state index is 5.82. The second-order valence-electron chi connectivity index (χ2n) is 7.16. The molecule has 4 rings (SSSR count). The summed E-state index contributed by atoms with van der Waals surface area (Å²) in [5, 5.41) is 8.38. The molecule has 1 aromatic heterocycles. The lowest BCUT2D eigenvalue weighted by Gasteiger charge is -2.36. The summed E-state index contributed by atoms with van der Waals surface area (Å²) in [7, 11) is 0. The van der Waals surface area contributed by atoms with Gasteiger partial charge in [-0.25, -0.2) is 0 Å². The van der Waals surface area contributed by atoms with Gasteiger partial charge in [0.1, 0.15) is 0 Å². The summed E-state index contributed by atoms with van der Waals surface area (Å²) in [4.78, 5) is 4.98. The van der Waals surface area contributed by atoms with E-state index in [2.05, 4.69) is 52.0 Å². The molecule has 2 aromatic carbocycles. The van der Waals surface area contributed by atoms with E-state index in [1.165, 1.54) is 16.8 Å². The van der Waals surface area contributed by atoms with E-state index >= 15 is 0 Å². The third-order valence-electron chi connectivity index (χ3n) is 5.42. The van der Waals surface area contributed by atoms with E-state index in [0.29, 0.717) is 11.8 Å². The summed E-state index contributed by atoms with van der Waals surface area (Å²) < 4.78 is 5.82. The Hall–Kier alpha value is -2.66. The third kappa shape index (κ3) is 4.03. The molecule has 0 bridgehead atoms. The first kappa shape index (κ1) is 17.7. The van der Waals surface area contributed by atoms with Crippen LogP contribution in [0.25, 0.3) is 11.5 Å². The Bertz CT molecular complexity index is 882. The van der Waals surface area contributed by atoms with Crippen molar-refractivity contribution in [2.75, 3.05) is 37.6 Å². The predicted molar refractivity (Wildman–Crippen MR) is 108 cm³/mol. The molecule has 140 valence electrons. The molecule has 1 aliphatic heterocycles. The van der Waals surface area contributed by atoms with Gasteiger partial charge in [0.15, 0.2) is 0 Å². The minimum Gasteiger partial charge on any atom is -0.421 e. The van der Waals surface area contributed by atoms with Crippen molar-refractivity contribution in [3.05, 3.63) is 65.5 Å². The van der Waals surface area contributed by atoms with E-state index in [0.717, 1.165) is 44.7 Å². The smallest absolute Gasteiger partial charge is 0.247 e. The van der Waals surface area contributed by atoms with Crippen LogP contribution >= 0.6 is 0 Å². The number of hydrogen-bond acceptors (Lipinski definition) is 5. The Balaban J connectivity index is 1.30. The summed E-state index contributed by atoms with van der Waals surface area (Å²) in [6.07, 6.45) is 0.795. The summed E-state index contributed by atoms with van der Waals surface area (Å²) in [6, 6.07) is 16.5. The molecule has 1 fully saturated rings. The van der Waals surface area contributed by atoms with E-state index in [4.69, 9.17) is 4.42 Å². The first-order chi connectivity index (χ1) is 13.2. The molecule has 0 aliphatic carbocycles. The van der Waals surface area contributed by atoms with Crippen molar-refractivity contribution in [3.8, 4) is 11.5 Å². The van der Waals surface area contributed by atoms with Crippen LogP contribution in [0.1, 0.15) is 17.0 Å². The first-order valence-electron chi connectivity index (χ1n) is 9.62. The number of piperazine rings is 1.